The van der Waals surface area contributed by atoms with Crippen molar-refractivity contribution < 1.29 is 14.3 Å². The van der Waals surface area contributed by atoms with E-state index in [1.165, 1.54) is 5.56 Å². The SMILES string of the molecule is COc1cccc2c(-c3ccc(CCNCc4ccc5c(n4)NC(=O)CO5)cc3)ccnc12. The first-order valence-corrected chi connectivity index (χ1v) is 10.9. The number of benzene rings is 2. The quantitative estimate of drug-likeness (QED) is 0.423. The Hall–Kier alpha value is -3.97. The number of ether oxygens (including phenoxy) is 2. The van der Waals surface area contributed by atoms with E-state index in [9.17, 15) is 4.79 Å². The number of nitrogens with one attached hydrogen (secondary N) is 2. The molecule has 3 heterocycles. The Balaban J connectivity index is 1.21. The van der Waals surface area contributed by atoms with Gasteiger partial charge in [0.25, 0.3) is 5.91 Å². The van der Waals surface area contributed by atoms with Crippen molar-refractivity contribution in [3.8, 4) is 22.6 Å². The van der Waals surface area contributed by atoms with Crippen molar-refractivity contribution in [2.45, 2.75) is 13.0 Å². The number of anilines is 1. The monoisotopic (exact) mass is 440 g/mol. The van der Waals surface area contributed by atoms with Gasteiger partial charge in [-0.15, -0.1) is 0 Å². The van der Waals surface area contributed by atoms with E-state index in [-0.39, 0.29) is 12.5 Å². The zero-order valence-corrected chi connectivity index (χ0v) is 18.3. The van der Waals surface area contributed by atoms with Gasteiger partial charge in [0.05, 0.1) is 12.8 Å². The van der Waals surface area contributed by atoms with Gasteiger partial charge >= 0.3 is 0 Å². The van der Waals surface area contributed by atoms with Crippen molar-refractivity contribution in [3.63, 3.8) is 0 Å². The van der Waals surface area contributed by atoms with Gasteiger partial charge < -0.3 is 20.1 Å². The molecule has 7 nitrogen and oxygen atoms in total. The van der Waals surface area contributed by atoms with Gasteiger partial charge in [0, 0.05) is 18.1 Å². The van der Waals surface area contributed by atoms with Crippen LogP contribution in [0.15, 0.2) is 66.9 Å². The first-order chi connectivity index (χ1) is 16.2. The molecule has 7 heteroatoms. The average molecular weight is 441 g/mol. The number of aromatic nitrogens is 2. The molecule has 1 amide bonds. The summed E-state index contributed by atoms with van der Waals surface area (Å²) in [5.41, 5.74) is 5.26. The van der Waals surface area contributed by atoms with Crippen molar-refractivity contribution >= 4 is 22.6 Å². The molecule has 0 spiro atoms. The van der Waals surface area contributed by atoms with Crippen LogP contribution >= 0.6 is 0 Å². The maximum Gasteiger partial charge on any atom is 0.263 e. The molecule has 5 rings (SSSR count). The predicted molar refractivity (Wildman–Crippen MR) is 128 cm³/mol. The van der Waals surface area contributed by atoms with Crippen molar-refractivity contribution in [2.24, 2.45) is 0 Å². The fourth-order valence-corrected chi connectivity index (χ4v) is 3.97. The Bertz CT molecular complexity index is 1300. The zero-order chi connectivity index (χ0) is 22.6. The van der Waals surface area contributed by atoms with E-state index < -0.39 is 0 Å². The van der Waals surface area contributed by atoms with Crippen LogP contribution in [0.3, 0.4) is 0 Å². The maximum atomic E-state index is 11.5. The normalized spacial score (nSPS) is 12.7. The molecule has 33 heavy (non-hydrogen) atoms. The Kier molecular flexibility index (Phi) is 5.87. The van der Waals surface area contributed by atoms with Crippen molar-refractivity contribution in [2.75, 3.05) is 25.6 Å². The first-order valence-electron chi connectivity index (χ1n) is 10.9. The number of nitrogens with zero attached hydrogens (tertiary/aromatic N) is 2. The Labute approximate surface area is 191 Å². The van der Waals surface area contributed by atoms with Gasteiger partial charge in [-0.1, -0.05) is 36.4 Å². The Morgan fingerprint density at radius 1 is 1.09 bits per heavy atom. The summed E-state index contributed by atoms with van der Waals surface area (Å²) in [6, 6.07) is 20.4. The van der Waals surface area contributed by atoms with Crippen LogP contribution in [0.5, 0.6) is 11.5 Å². The van der Waals surface area contributed by atoms with Crippen molar-refractivity contribution in [1.29, 1.82) is 0 Å². The molecule has 1 aliphatic heterocycles. The van der Waals surface area contributed by atoms with Crippen LogP contribution in [0, 0.1) is 0 Å². The molecular weight excluding hydrogens is 416 g/mol. The summed E-state index contributed by atoms with van der Waals surface area (Å²) in [7, 11) is 1.67. The maximum absolute atomic E-state index is 11.5. The number of hydrogen-bond acceptors (Lipinski definition) is 6. The fourth-order valence-electron chi connectivity index (χ4n) is 3.97. The molecule has 166 valence electrons. The minimum absolute atomic E-state index is 0.0383. The topological polar surface area (TPSA) is 85.4 Å². The summed E-state index contributed by atoms with van der Waals surface area (Å²) in [5, 5.41) is 7.23. The lowest BCUT2D eigenvalue weighted by Crippen LogP contribution is -2.26. The highest BCUT2D eigenvalue weighted by Gasteiger charge is 2.17. The first kappa shape index (κ1) is 20.9. The molecule has 0 unspecified atom stereocenters. The van der Waals surface area contributed by atoms with Gasteiger partial charge in [-0.3, -0.25) is 9.78 Å². The van der Waals surface area contributed by atoms with E-state index in [4.69, 9.17) is 9.47 Å². The van der Waals surface area contributed by atoms with E-state index in [0.717, 1.165) is 46.4 Å². The molecule has 4 aromatic rings. The highest BCUT2D eigenvalue weighted by Crippen LogP contribution is 2.32. The summed E-state index contributed by atoms with van der Waals surface area (Å²) in [6.07, 6.45) is 2.72. The van der Waals surface area contributed by atoms with Gasteiger partial charge in [0.15, 0.2) is 18.2 Å². The largest absolute Gasteiger partial charge is 0.494 e. The summed E-state index contributed by atoms with van der Waals surface area (Å²) in [5.74, 6) is 1.70. The highest BCUT2D eigenvalue weighted by molar-refractivity contribution is 5.97. The van der Waals surface area contributed by atoms with E-state index in [1.54, 1.807) is 7.11 Å². The second kappa shape index (κ2) is 9.26. The zero-order valence-electron chi connectivity index (χ0n) is 18.3. The van der Waals surface area contributed by atoms with Crippen LogP contribution in [0.25, 0.3) is 22.0 Å². The van der Waals surface area contributed by atoms with Crippen LogP contribution in [-0.4, -0.2) is 36.1 Å². The molecular formula is C26H24N4O3. The minimum atomic E-state index is -0.178. The Morgan fingerprint density at radius 2 is 1.97 bits per heavy atom. The molecule has 0 saturated heterocycles. The third-order valence-corrected chi connectivity index (χ3v) is 5.65. The fraction of sp³-hybridized carbons (Fsp3) is 0.192. The van der Waals surface area contributed by atoms with E-state index in [2.05, 4.69) is 50.9 Å². The van der Waals surface area contributed by atoms with Crippen LogP contribution in [0.1, 0.15) is 11.3 Å². The number of carbonyl (C=O) groups is 1. The summed E-state index contributed by atoms with van der Waals surface area (Å²) in [6.45, 7) is 1.47. The molecule has 2 aromatic heterocycles. The number of pyridine rings is 2. The van der Waals surface area contributed by atoms with Gasteiger partial charge in [0.2, 0.25) is 0 Å². The van der Waals surface area contributed by atoms with Crippen LogP contribution in [0.4, 0.5) is 5.82 Å². The molecule has 2 N–H and O–H groups in total. The van der Waals surface area contributed by atoms with Gasteiger partial charge in [-0.25, -0.2) is 4.98 Å². The Morgan fingerprint density at radius 3 is 2.82 bits per heavy atom. The number of hydrogen-bond donors (Lipinski definition) is 2. The lowest BCUT2D eigenvalue weighted by molar-refractivity contribution is -0.118. The number of rotatable bonds is 7. The summed E-state index contributed by atoms with van der Waals surface area (Å²) in [4.78, 5) is 20.4. The molecule has 2 aromatic carbocycles. The van der Waals surface area contributed by atoms with Crippen LogP contribution in [-0.2, 0) is 17.8 Å². The number of methoxy groups -OCH3 is 1. The number of para-hydroxylation sites is 1. The molecule has 0 radical (unpaired) electrons. The second-order valence-corrected chi connectivity index (χ2v) is 7.82. The standard InChI is InChI=1S/C26H24N4O3/c1-32-22-4-2-3-21-20(12-14-28-25(21)22)18-7-5-17(6-8-18)11-13-27-15-19-9-10-23-26(29-19)30-24(31)16-33-23/h2-10,12,14,27H,11,13,15-16H2,1H3,(H,29,30,31). The minimum Gasteiger partial charge on any atom is -0.494 e. The van der Waals surface area contributed by atoms with E-state index in [1.807, 2.05) is 36.5 Å². The van der Waals surface area contributed by atoms with Crippen molar-refractivity contribution in [1.82, 2.24) is 15.3 Å². The van der Waals surface area contributed by atoms with Crippen LogP contribution < -0.4 is 20.1 Å². The number of fused-ring (bicyclic) bond motifs is 2. The average Bonchev–Trinajstić information content (AvgIpc) is 2.86. The van der Waals surface area contributed by atoms with E-state index >= 15 is 0 Å². The second-order valence-electron chi connectivity index (χ2n) is 7.82. The molecule has 0 atom stereocenters. The van der Waals surface area contributed by atoms with Crippen LogP contribution in [0.2, 0.25) is 0 Å². The third-order valence-electron chi connectivity index (χ3n) is 5.65. The molecule has 0 aliphatic carbocycles. The molecule has 0 bridgehead atoms. The lowest BCUT2D eigenvalue weighted by Gasteiger charge is -2.17. The molecule has 0 saturated carbocycles. The lowest BCUT2D eigenvalue weighted by atomic mass is 9.99. The third kappa shape index (κ3) is 4.49. The van der Waals surface area contributed by atoms with Gasteiger partial charge in [-0.05, 0) is 53.9 Å². The molecule has 1 aliphatic rings. The van der Waals surface area contributed by atoms with E-state index in [0.29, 0.717) is 18.1 Å². The molecule has 0 fully saturated rings. The number of carbonyl (C=O) groups excluding carboxylic acids is 1. The predicted octanol–water partition coefficient (Wildman–Crippen LogP) is 3.97. The summed E-state index contributed by atoms with van der Waals surface area (Å²) < 4.78 is 10.8. The van der Waals surface area contributed by atoms with Gasteiger partial charge in [0.1, 0.15) is 11.3 Å². The summed E-state index contributed by atoms with van der Waals surface area (Å²) >= 11 is 0. The highest BCUT2D eigenvalue weighted by atomic mass is 16.5. The number of amides is 1. The smallest absolute Gasteiger partial charge is 0.263 e. The van der Waals surface area contributed by atoms with Gasteiger partial charge in [-0.2, -0.15) is 0 Å². The van der Waals surface area contributed by atoms with Crippen molar-refractivity contribution in [3.05, 3.63) is 78.1 Å².